The maximum Gasteiger partial charge on any atom is 0.251 e. The standard InChI is InChI=1S/C18H19F2N3O2/c1-10(2)11-3-5-12(6-4-11)23-17(24)9-22-16-7-13(18(21)25)14(19)8-15(16)20/h3-8,10,22H,9H2,1-2H3,(H2,21,25)(H,23,24). The van der Waals surface area contributed by atoms with Gasteiger partial charge in [-0.15, -0.1) is 0 Å². The summed E-state index contributed by atoms with van der Waals surface area (Å²) < 4.78 is 27.1. The molecule has 0 radical (unpaired) electrons. The lowest BCUT2D eigenvalue weighted by Gasteiger charge is -2.11. The molecule has 0 saturated carbocycles. The molecule has 4 N–H and O–H groups in total. The van der Waals surface area contributed by atoms with E-state index in [0.29, 0.717) is 17.7 Å². The molecule has 25 heavy (non-hydrogen) atoms. The Morgan fingerprint density at radius 1 is 1.08 bits per heavy atom. The molecule has 0 unspecified atom stereocenters. The molecular formula is C18H19F2N3O2. The first-order valence-corrected chi connectivity index (χ1v) is 7.70. The van der Waals surface area contributed by atoms with Gasteiger partial charge in [0.15, 0.2) is 0 Å². The van der Waals surface area contributed by atoms with Crippen LogP contribution in [-0.4, -0.2) is 18.4 Å². The molecule has 2 aromatic rings. The van der Waals surface area contributed by atoms with E-state index in [2.05, 4.69) is 24.5 Å². The molecule has 0 fully saturated rings. The van der Waals surface area contributed by atoms with Crippen LogP contribution in [0.4, 0.5) is 20.2 Å². The molecule has 0 saturated heterocycles. The summed E-state index contributed by atoms with van der Waals surface area (Å²) in [4.78, 5) is 23.0. The fourth-order valence-electron chi connectivity index (χ4n) is 2.21. The molecule has 0 aromatic heterocycles. The van der Waals surface area contributed by atoms with E-state index in [1.54, 1.807) is 12.1 Å². The molecule has 2 amide bonds. The van der Waals surface area contributed by atoms with Crippen molar-refractivity contribution in [2.45, 2.75) is 19.8 Å². The molecule has 132 valence electrons. The molecule has 2 rings (SSSR count). The number of hydrogen-bond donors (Lipinski definition) is 3. The Kier molecular flexibility index (Phi) is 5.69. The zero-order valence-electron chi connectivity index (χ0n) is 13.9. The van der Waals surface area contributed by atoms with Gasteiger partial charge < -0.3 is 16.4 Å². The highest BCUT2D eigenvalue weighted by Crippen LogP contribution is 2.20. The molecular weight excluding hydrogens is 328 g/mol. The van der Waals surface area contributed by atoms with Crippen molar-refractivity contribution in [3.8, 4) is 0 Å². The molecule has 5 nitrogen and oxygen atoms in total. The Hall–Kier alpha value is -2.96. The van der Waals surface area contributed by atoms with Gasteiger partial charge in [-0.05, 0) is 29.7 Å². The first-order chi connectivity index (χ1) is 11.8. The van der Waals surface area contributed by atoms with Crippen molar-refractivity contribution in [2.75, 3.05) is 17.2 Å². The van der Waals surface area contributed by atoms with Gasteiger partial charge in [0.1, 0.15) is 11.6 Å². The Morgan fingerprint density at radius 3 is 2.28 bits per heavy atom. The minimum atomic E-state index is -1.05. The Balaban J connectivity index is 2.00. The monoisotopic (exact) mass is 347 g/mol. The van der Waals surface area contributed by atoms with Crippen LogP contribution in [0.15, 0.2) is 36.4 Å². The predicted molar refractivity (Wildman–Crippen MR) is 92.5 cm³/mol. The lowest BCUT2D eigenvalue weighted by molar-refractivity contribution is -0.114. The number of carbonyl (C=O) groups excluding carboxylic acids is 2. The highest BCUT2D eigenvalue weighted by Gasteiger charge is 2.14. The number of nitrogens with one attached hydrogen (secondary N) is 2. The van der Waals surface area contributed by atoms with E-state index in [1.807, 2.05) is 12.1 Å². The van der Waals surface area contributed by atoms with E-state index < -0.39 is 29.0 Å². The van der Waals surface area contributed by atoms with Crippen LogP contribution in [0.5, 0.6) is 0 Å². The molecule has 2 aromatic carbocycles. The maximum atomic E-state index is 13.7. The van der Waals surface area contributed by atoms with Crippen molar-refractivity contribution in [3.63, 3.8) is 0 Å². The van der Waals surface area contributed by atoms with Crippen LogP contribution in [0.3, 0.4) is 0 Å². The van der Waals surface area contributed by atoms with Crippen LogP contribution in [0.2, 0.25) is 0 Å². The molecule has 0 aliphatic rings. The highest BCUT2D eigenvalue weighted by molar-refractivity contribution is 5.95. The van der Waals surface area contributed by atoms with E-state index in [9.17, 15) is 18.4 Å². The number of anilines is 2. The van der Waals surface area contributed by atoms with E-state index in [4.69, 9.17) is 5.73 Å². The molecule has 0 atom stereocenters. The van der Waals surface area contributed by atoms with Gasteiger partial charge in [0.2, 0.25) is 5.91 Å². The maximum absolute atomic E-state index is 13.7. The minimum absolute atomic E-state index is 0.180. The van der Waals surface area contributed by atoms with Crippen LogP contribution < -0.4 is 16.4 Å². The smallest absolute Gasteiger partial charge is 0.251 e. The number of nitrogens with two attached hydrogens (primary N) is 1. The van der Waals surface area contributed by atoms with Crippen molar-refractivity contribution in [1.29, 1.82) is 0 Å². The van der Waals surface area contributed by atoms with Crippen LogP contribution in [-0.2, 0) is 4.79 Å². The first-order valence-electron chi connectivity index (χ1n) is 7.70. The summed E-state index contributed by atoms with van der Waals surface area (Å²) >= 11 is 0. The zero-order chi connectivity index (χ0) is 18.6. The van der Waals surface area contributed by atoms with Crippen molar-refractivity contribution >= 4 is 23.2 Å². The number of primary amides is 1. The summed E-state index contributed by atoms with van der Waals surface area (Å²) in [6.45, 7) is 3.87. The van der Waals surface area contributed by atoms with Crippen LogP contribution >= 0.6 is 0 Å². The van der Waals surface area contributed by atoms with Crippen molar-refractivity contribution in [3.05, 3.63) is 59.2 Å². The number of rotatable bonds is 6. The third kappa shape index (κ3) is 4.76. The summed E-state index contributed by atoms with van der Waals surface area (Å²) in [6, 6.07) is 8.86. The van der Waals surface area contributed by atoms with Crippen LogP contribution in [0.1, 0.15) is 35.7 Å². The van der Waals surface area contributed by atoms with Crippen molar-refractivity contribution in [2.24, 2.45) is 5.73 Å². The number of benzene rings is 2. The zero-order valence-corrected chi connectivity index (χ0v) is 13.9. The summed E-state index contributed by atoms with van der Waals surface area (Å²) in [7, 11) is 0. The number of halogens is 2. The van der Waals surface area contributed by atoms with Crippen LogP contribution in [0.25, 0.3) is 0 Å². The van der Waals surface area contributed by atoms with Gasteiger partial charge in [-0.2, -0.15) is 0 Å². The number of carbonyl (C=O) groups is 2. The topological polar surface area (TPSA) is 84.2 Å². The van der Waals surface area contributed by atoms with E-state index in [0.717, 1.165) is 11.6 Å². The average molecular weight is 347 g/mol. The fraction of sp³-hybridized carbons (Fsp3) is 0.222. The lowest BCUT2D eigenvalue weighted by Crippen LogP contribution is -2.22. The Bertz CT molecular complexity index is 790. The second-order valence-electron chi connectivity index (χ2n) is 5.85. The Morgan fingerprint density at radius 2 is 1.72 bits per heavy atom. The molecule has 0 spiro atoms. The lowest BCUT2D eigenvalue weighted by atomic mass is 10.0. The van der Waals surface area contributed by atoms with Crippen molar-refractivity contribution < 1.29 is 18.4 Å². The van der Waals surface area contributed by atoms with Gasteiger partial charge in [0.25, 0.3) is 5.91 Å². The van der Waals surface area contributed by atoms with Crippen LogP contribution in [0, 0.1) is 11.6 Å². The van der Waals surface area contributed by atoms with Gasteiger partial charge in [-0.25, -0.2) is 8.78 Å². The normalized spacial score (nSPS) is 10.6. The van der Waals surface area contributed by atoms with Gasteiger partial charge in [-0.1, -0.05) is 26.0 Å². The van der Waals surface area contributed by atoms with E-state index in [-0.39, 0.29) is 12.2 Å². The summed E-state index contributed by atoms with van der Waals surface area (Å²) in [5.74, 6) is -3.02. The fourth-order valence-corrected chi connectivity index (χ4v) is 2.21. The largest absolute Gasteiger partial charge is 0.374 e. The number of hydrogen-bond acceptors (Lipinski definition) is 3. The second-order valence-corrected chi connectivity index (χ2v) is 5.85. The minimum Gasteiger partial charge on any atom is -0.374 e. The van der Waals surface area contributed by atoms with E-state index >= 15 is 0 Å². The average Bonchev–Trinajstić information content (AvgIpc) is 2.54. The first kappa shape index (κ1) is 18.4. The van der Waals surface area contributed by atoms with Gasteiger partial charge in [-0.3, -0.25) is 9.59 Å². The van der Waals surface area contributed by atoms with Gasteiger partial charge >= 0.3 is 0 Å². The molecule has 0 aliphatic heterocycles. The molecule has 7 heteroatoms. The highest BCUT2D eigenvalue weighted by atomic mass is 19.1. The van der Waals surface area contributed by atoms with Crippen molar-refractivity contribution in [1.82, 2.24) is 0 Å². The third-order valence-corrected chi connectivity index (χ3v) is 3.62. The quantitative estimate of drug-likeness (QED) is 0.750. The summed E-state index contributed by atoms with van der Waals surface area (Å²) in [5.41, 5.74) is 6.13. The second kappa shape index (κ2) is 7.74. The molecule has 0 heterocycles. The third-order valence-electron chi connectivity index (χ3n) is 3.62. The van der Waals surface area contributed by atoms with Gasteiger partial charge in [0, 0.05) is 11.8 Å². The predicted octanol–water partition coefficient (Wildman–Crippen LogP) is 3.24. The van der Waals surface area contributed by atoms with Gasteiger partial charge in [0.05, 0.1) is 17.8 Å². The number of amides is 2. The van der Waals surface area contributed by atoms with E-state index in [1.165, 1.54) is 0 Å². The SMILES string of the molecule is CC(C)c1ccc(NC(=O)CNc2cc(C(N)=O)c(F)cc2F)cc1. The molecule has 0 aliphatic carbocycles. The molecule has 0 bridgehead atoms. The Labute approximate surface area is 144 Å². The summed E-state index contributed by atoms with van der Waals surface area (Å²) in [5, 5.41) is 5.18. The summed E-state index contributed by atoms with van der Waals surface area (Å²) in [6.07, 6.45) is 0.